The second-order valence-corrected chi connectivity index (χ2v) is 13.7. The number of ether oxygens (including phenoxy) is 1. The summed E-state index contributed by atoms with van der Waals surface area (Å²) in [6, 6.07) is 0. The van der Waals surface area contributed by atoms with E-state index < -0.39 is 12.2 Å². The SMILES string of the molecule is CC/C=C\C/C=C\C/C=C\C/C=C\C/C=C\C/C=C\CCC(=O)NCCSSC(C)(C)CNC(=O)OC[C@@H](O)CI. The minimum absolute atomic E-state index is 0.00309. The molecule has 0 aromatic carbocycles. The predicted octanol–water partition coefficient (Wildman–Crippen LogP) is 8.26. The summed E-state index contributed by atoms with van der Waals surface area (Å²) in [5.41, 5.74) is 0. The predicted molar refractivity (Wildman–Crippen MR) is 189 cm³/mol. The highest BCUT2D eigenvalue weighted by molar-refractivity contribution is 14.1. The van der Waals surface area contributed by atoms with Crippen LogP contribution in [0.5, 0.6) is 0 Å². The van der Waals surface area contributed by atoms with Crippen molar-refractivity contribution < 1.29 is 19.4 Å². The zero-order valence-corrected chi connectivity index (χ0v) is 28.9. The van der Waals surface area contributed by atoms with Crippen molar-refractivity contribution in [3.63, 3.8) is 0 Å². The largest absolute Gasteiger partial charge is 0.447 e. The van der Waals surface area contributed by atoms with E-state index in [-0.39, 0.29) is 17.3 Å². The zero-order chi connectivity index (χ0) is 30.4. The molecular formula is C32H51IN2O4S2. The van der Waals surface area contributed by atoms with Crippen LogP contribution in [0.25, 0.3) is 0 Å². The van der Waals surface area contributed by atoms with Crippen molar-refractivity contribution >= 4 is 56.2 Å². The fraction of sp³-hybridized carbons (Fsp3) is 0.562. The fourth-order valence-corrected chi connectivity index (χ4v) is 5.56. The number of alkyl carbamates (subject to hydrolysis) is 1. The highest BCUT2D eigenvalue weighted by Gasteiger charge is 2.20. The lowest BCUT2D eigenvalue weighted by Gasteiger charge is -2.23. The minimum Gasteiger partial charge on any atom is -0.447 e. The van der Waals surface area contributed by atoms with Gasteiger partial charge in [0.1, 0.15) is 6.61 Å². The van der Waals surface area contributed by atoms with E-state index in [9.17, 15) is 14.7 Å². The normalized spacial score (nSPS) is 13.5. The minimum atomic E-state index is -0.639. The molecule has 2 amide bonds. The number of aliphatic hydroxyl groups excluding tert-OH is 1. The van der Waals surface area contributed by atoms with Crippen LogP contribution in [0, 0.1) is 0 Å². The molecular weight excluding hydrogens is 667 g/mol. The number of carbonyl (C=O) groups is 2. The molecule has 0 bridgehead atoms. The molecule has 0 spiro atoms. The molecule has 3 N–H and O–H groups in total. The maximum Gasteiger partial charge on any atom is 0.407 e. The topological polar surface area (TPSA) is 87.7 Å². The lowest BCUT2D eigenvalue weighted by atomic mass is 10.2. The maximum atomic E-state index is 12.0. The lowest BCUT2D eigenvalue weighted by molar-refractivity contribution is -0.120. The third-order valence-corrected chi connectivity index (χ3v) is 9.48. The van der Waals surface area contributed by atoms with E-state index in [4.69, 9.17) is 4.74 Å². The van der Waals surface area contributed by atoms with Gasteiger partial charge in [-0.2, -0.15) is 0 Å². The van der Waals surface area contributed by atoms with Crippen LogP contribution < -0.4 is 10.6 Å². The van der Waals surface area contributed by atoms with Crippen molar-refractivity contribution in [2.75, 3.05) is 29.9 Å². The number of halogens is 1. The average Bonchev–Trinajstić information content (AvgIpc) is 2.95. The van der Waals surface area contributed by atoms with Crippen molar-refractivity contribution in [1.82, 2.24) is 10.6 Å². The van der Waals surface area contributed by atoms with E-state index in [1.54, 1.807) is 21.6 Å². The second kappa shape index (κ2) is 28.7. The zero-order valence-electron chi connectivity index (χ0n) is 25.1. The van der Waals surface area contributed by atoms with Crippen molar-refractivity contribution in [2.45, 2.75) is 83.0 Å². The third kappa shape index (κ3) is 29.8. The molecule has 0 fully saturated rings. The molecule has 0 unspecified atom stereocenters. The van der Waals surface area contributed by atoms with Gasteiger partial charge in [-0.1, -0.05) is 124 Å². The van der Waals surface area contributed by atoms with E-state index >= 15 is 0 Å². The van der Waals surface area contributed by atoms with Crippen molar-refractivity contribution in [2.24, 2.45) is 0 Å². The quantitative estimate of drug-likeness (QED) is 0.0307. The molecule has 0 saturated heterocycles. The first-order valence-electron chi connectivity index (χ1n) is 14.4. The molecule has 0 radical (unpaired) electrons. The Morgan fingerprint density at radius 1 is 0.854 bits per heavy atom. The monoisotopic (exact) mass is 718 g/mol. The van der Waals surface area contributed by atoms with Crippen LogP contribution in [0.1, 0.15) is 72.1 Å². The first-order valence-corrected chi connectivity index (χ1v) is 18.3. The van der Waals surface area contributed by atoms with Crippen LogP contribution in [0.15, 0.2) is 72.9 Å². The van der Waals surface area contributed by atoms with Crippen LogP contribution in [0.2, 0.25) is 0 Å². The number of allylic oxidation sites excluding steroid dienone is 12. The molecule has 0 aliphatic carbocycles. The van der Waals surface area contributed by atoms with Gasteiger partial charge in [0.2, 0.25) is 5.91 Å². The molecule has 0 rings (SSSR count). The van der Waals surface area contributed by atoms with Gasteiger partial charge in [-0.25, -0.2) is 4.79 Å². The van der Waals surface area contributed by atoms with Gasteiger partial charge in [0.25, 0.3) is 0 Å². The first-order chi connectivity index (χ1) is 19.8. The number of hydrogen-bond donors (Lipinski definition) is 3. The Morgan fingerprint density at radius 2 is 1.37 bits per heavy atom. The summed E-state index contributed by atoms with van der Waals surface area (Å²) in [7, 11) is 3.32. The van der Waals surface area contributed by atoms with Gasteiger partial charge in [-0.15, -0.1) is 0 Å². The summed E-state index contributed by atoms with van der Waals surface area (Å²) < 4.78 is 5.30. The first kappa shape index (κ1) is 39.6. The summed E-state index contributed by atoms with van der Waals surface area (Å²) in [5.74, 6) is 0.846. The molecule has 41 heavy (non-hydrogen) atoms. The van der Waals surface area contributed by atoms with Crippen LogP contribution in [-0.4, -0.2) is 57.8 Å². The standard InChI is InChI=1S/C32H51IN2O4S2/c1-4-5-6-7-8-9-10-11-12-13-14-15-16-17-18-19-20-21-22-23-30(37)34-24-25-40-41-32(2,3)28-35-31(38)39-27-29(36)26-33/h5-6,8-9,11-12,14-15,17-18,20-21,29,36H,4,7,10,13,16,19,22-28H2,1-3H3,(H,34,37)(H,35,38)/b6-5-,9-8-,12-11-,15-14-,18-17-,21-20-/t29-/m0/s1. The lowest BCUT2D eigenvalue weighted by Crippen LogP contribution is -2.37. The number of amides is 2. The Kier molecular flexibility index (Phi) is 27.7. The van der Waals surface area contributed by atoms with Gasteiger partial charge in [-0.05, 0) is 58.8 Å². The summed E-state index contributed by atoms with van der Waals surface area (Å²) in [5, 5.41) is 15.1. The molecule has 0 aliphatic rings. The number of aliphatic hydroxyl groups is 1. The second-order valence-electron chi connectivity index (χ2n) is 9.73. The highest BCUT2D eigenvalue weighted by atomic mass is 127. The van der Waals surface area contributed by atoms with E-state index in [0.29, 0.717) is 23.9 Å². The molecule has 0 aliphatic heterocycles. The Hall–Kier alpha value is -1.43. The van der Waals surface area contributed by atoms with Crippen LogP contribution in [0.3, 0.4) is 0 Å². The molecule has 9 heteroatoms. The third-order valence-electron chi connectivity index (χ3n) is 5.17. The van der Waals surface area contributed by atoms with Crippen molar-refractivity contribution in [3.8, 4) is 0 Å². The van der Waals surface area contributed by atoms with Crippen molar-refractivity contribution in [1.29, 1.82) is 0 Å². The fourth-order valence-electron chi connectivity index (χ4n) is 2.96. The van der Waals surface area contributed by atoms with Crippen LogP contribution in [-0.2, 0) is 9.53 Å². The Balaban J connectivity index is 3.73. The smallest absolute Gasteiger partial charge is 0.407 e. The maximum absolute atomic E-state index is 12.0. The Morgan fingerprint density at radius 3 is 1.88 bits per heavy atom. The number of carbonyl (C=O) groups excluding carboxylic acids is 2. The van der Waals surface area contributed by atoms with Crippen LogP contribution >= 0.6 is 44.2 Å². The molecule has 6 nitrogen and oxygen atoms in total. The highest BCUT2D eigenvalue weighted by Crippen LogP contribution is 2.34. The van der Waals surface area contributed by atoms with Crippen molar-refractivity contribution in [3.05, 3.63) is 72.9 Å². The summed E-state index contributed by atoms with van der Waals surface area (Å²) in [6.07, 6.45) is 32.1. The summed E-state index contributed by atoms with van der Waals surface area (Å²) >= 11 is 2.04. The average molecular weight is 719 g/mol. The van der Waals surface area contributed by atoms with E-state index in [2.05, 4.69) is 90.5 Å². The van der Waals surface area contributed by atoms with E-state index in [1.165, 1.54) is 0 Å². The molecule has 0 aromatic heterocycles. The van der Waals surface area contributed by atoms with E-state index in [0.717, 1.165) is 50.7 Å². The summed E-state index contributed by atoms with van der Waals surface area (Å²) in [6.45, 7) is 7.28. The molecule has 0 aromatic rings. The Bertz CT molecular complexity index is 855. The van der Waals surface area contributed by atoms with Gasteiger partial charge in [0, 0.05) is 34.4 Å². The van der Waals surface area contributed by atoms with Gasteiger partial charge in [0.15, 0.2) is 0 Å². The van der Waals surface area contributed by atoms with Gasteiger partial charge < -0.3 is 20.5 Å². The van der Waals surface area contributed by atoms with Gasteiger partial charge in [-0.3, -0.25) is 4.79 Å². The van der Waals surface area contributed by atoms with Gasteiger partial charge >= 0.3 is 6.09 Å². The molecule has 1 atom stereocenters. The van der Waals surface area contributed by atoms with E-state index in [1.807, 2.05) is 36.4 Å². The molecule has 0 saturated carbocycles. The number of rotatable bonds is 24. The molecule has 232 valence electrons. The number of alkyl halides is 1. The molecule has 0 heterocycles. The van der Waals surface area contributed by atoms with Crippen LogP contribution in [0.4, 0.5) is 4.79 Å². The summed E-state index contributed by atoms with van der Waals surface area (Å²) in [4.78, 5) is 23.7. The number of nitrogens with one attached hydrogen (secondary N) is 2. The number of hydrogen-bond acceptors (Lipinski definition) is 6. The van der Waals surface area contributed by atoms with Gasteiger partial charge in [0.05, 0.1) is 6.10 Å². The Labute approximate surface area is 270 Å².